The Hall–Kier alpha value is -0.900. The van der Waals surface area contributed by atoms with Crippen LogP contribution in [0, 0.1) is 13.8 Å². The van der Waals surface area contributed by atoms with Crippen LogP contribution in [0.25, 0.3) is 0 Å². The predicted molar refractivity (Wildman–Crippen MR) is 90.9 cm³/mol. The molecule has 1 N–H and O–H groups in total. The summed E-state index contributed by atoms with van der Waals surface area (Å²) < 4.78 is 5.42. The second-order valence-electron chi connectivity index (χ2n) is 5.82. The molecule has 0 fully saturated rings. The van der Waals surface area contributed by atoms with Crippen molar-refractivity contribution in [1.29, 1.82) is 0 Å². The lowest BCUT2D eigenvalue weighted by Crippen LogP contribution is -2.29. The quantitative estimate of drug-likeness (QED) is 0.670. The monoisotopic (exact) mass is 292 g/mol. The number of benzene rings is 1. The van der Waals surface area contributed by atoms with E-state index in [0.29, 0.717) is 6.04 Å². The van der Waals surface area contributed by atoms with Gasteiger partial charge in [-0.15, -0.1) is 0 Å². The molecule has 0 aliphatic rings. The van der Waals surface area contributed by atoms with Crippen molar-refractivity contribution in [1.82, 2.24) is 10.2 Å². The molecule has 1 atom stereocenters. The van der Waals surface area contributed by atoms with E-state index >= 15 is 0 Å². The standard InChI is InChI=1S/C18H32N2O/c1-6-19-18(8-9-20(5)10-11-21-7-2)17-13-15(3)12-16(4)14-17/h12-14,18-19H,6-11H2,1-5H3. The fraction of sp³-hybridized carbons (Fsp3) is 0.667. The molecule has 0 heterocycles. The average Bonchev–Trinajstić information content (AvgIpc) is 2.42. The maximum absolute atomic E-state index is 5.42. The van der Waals surface area contributed by atoms with Gasteiger partial charge in [0.25, 0.3) is 0 Å². The molecular formula is C18H32N2O. The van der Waals surface area contributed by atoms with Gasteiger partial charge in [-0.05, 0) is 52.9 Å². The molecule has 0 saturated carbocycles. The van der Waals surface area contributed by atoms with Crippen LogP contribution in [0.2, 0.25) is 0 Å². The molecule has 0 aliphatic heterocycles. The molecule has 1 aromatic carbocycles. The number of hydrogen-bond acceptors (Lipinski definition) is 3. The zero-order chi connectivity index (χ0) is 15.7. The van der Waals surface area contributed by atoms with E-state index in [0.717, 1.165) is 39.3 Å². The molecule has 1 rings (SSSR count). The van der Waals surface area contributed by atoms with Gasteiger partial charge >= 0.3 is 0 Å². The van der Waals surface area contributed by atoms with Crippen LogP contribution in [0.3, 0.4) is 0 Å². The molecule has 0 radical (unpaired) electrons. The van der Waals surface area contributed by atoms with Crippen LogP contribution in [0.4, 0.5) is 0 Å². The van der Waals surface area contributed by atoms with Gasteiger partial charge in [0.15, 0.2) is 0 Å². The molecule has 0 bridgehead atoms. The van der Waals surface area contributed by atoms with Crippen LogP contribution in [0.1, 0.15) is 43.0 Å². The second kappa shape index (κ2) is 9.93. The summed E-state index contributed by atoms with van der Waals surface area (Å²) in [6, 6.07) is 7.28. The van der Waals surface area contributed by atoms with Gasteiger partial charge < -0.3 is 15.0 Å². The van der Waals surface area contributed by atoms with E-state index in [2.05, 4.69) is 56.2 Å². The first-order valence-corrected chi connectivity index (χ1v) is 8.14. The Kier molecular flexibility index (Phi) is 8.58. The van der Waals surface area contributed by atoms with Crippen LogP contribution >= 0.6 is 0 Å². The van der Waals surface area contributed by atoms with E-state index in [4.69, 9.17) is 4.74 Å². The normalized spacial score (nSPS) is 12.9. The molecule has 21 heavy (non-hydrogen) atoms. The fourth-order valence-electron chi connectivity index (χ4n) is 2.67. The van der Waals surface area contributed by atoms with Crippen molar-refractivity contribution < 1.29 is 4.74 Å². The van der Waals surface area contributed by atoms with Crippen LogP contribution in [-0.2, 0) is 4.74 Å². The van der Waals surface area contributed by atoms with Gasteiger partial charge in [-0.3, -0.25) is 0 Å². The zero-order valence-electron chi connectivity index (χ0n) is 14.4. The highest BCUT2D eigenvalue weighted by Gasteiger charge is 2.12. The summed E-state index contributed by atoms with van der Waals surface area (Å²) >= 11 is 0. The van der Waals surface area contributed by atoms with Gasteiger partial charge in [0.05, 0.1) is 6.61 Å². The number of rotatable bonds is 10. The number of likely N-dealkylation sites (N-methyl/N-ethyl adjacent to an activating group) is 1. The third-order valence-electron chi connectivity index (χ3n) is 3.72. The van der Waals surface area contributed by atoms with Gasteiger partial charge in [0, 0.05) is 19.2 Å². The van der Waals surface area contributed by atoms with Crippen molar-refractivity contribution >= 4 is 0 Å². The van der Waals surface area contributed by atoms with Crippen LogP contribution in [0.15, 0.2) is 18.2 Å². The predicted octanol–water partition coefficient (Wildman–Crippen LogP) is 3.31. The minimum Gasteiger partial charge on any atom is -0.380 e. The van der Waals surface area contributed by atoms with Gasteiger partial charge in [-0.2, -0.15) is 0 Å². The van der Waals surface area contributed by atoms with Crippen molar-refractivity contribution in [3.63, 3.8) is 0 Å². The maximum Gasteiger partial charge on any atom is 0.0593 e. The number of nitrogens with one attached hydrogen (secondary N) is 1. The van der Waals surface area contributed by atoms with Gasteiger partial charge in [-0.1, -0.05) is 36.2 Å². The lowest BCUT2D eigenvalue weighted by atomic mass is 9.99. The van der Waals surface area contributed by atoms with Gasteiger partial charge in [0.2, 0.25) is 0 Å². The molecule has 0 spiro atoms. The molecule has 0 saturated heterocycles. The first kappa shape index (κ1) is 18.1. The Morgan fingerprint density at radius 1 is 1.10 bits per heavy atom. The summed E-state index contributed by atoms with van der Waals surface area (Å²) in [5.41, 5.74) is 4.10. The van der Waals surface area contributed by atoms with E-state index in [1.54, 1.807) is 0 Å². The average molecular weight is 292 g/mol. The SMILES string of the molecule is CCNC(CCN(C)CCOCC)c1cc(C)cc(C)c1. The number of aryl methyl sites for hydroxylation is 2. The summed E-state index contributed by atoms with van der Waals surface area (Å²) in [6.45, 7) is 13.3. The molecule has 1 unspecified atom stereocenters. The molecular weight excluding hydrogens is 260 g/mol. The van der Waals surface area contributed by atoms with E-state index in [1.807, 2.05) is 6.92 Å². The molecule has 3 nitrogen and oxygen atoms in total. The van der Waals surface area contributed by atoms with Crippen LogP contribution in [-0.4, -0.2) is 44.8 Å². The van der Waals surface area contributed by atoms with E-state index in [-0.39, 0.29) is 0 Å². The summed E-state index contributed by atoms with van der Waals surface area (Å²) in [5.74, 6) is 0. The number of hydrogen-bond donors (Lipinski definition) is 1. The Morgan fingerprint density at radius 2 is 1.76 bits per heavy atom. The van der Waals surface area contributed by atoms with E-state index in [9.17, 15) is 0 Å². The smallest absolute Gasteiger partial charge is 0.0593 e. The third kappa shape index (κ3) is 7.07. The third-order valence-corrected chi connectivity index (χ3v) is 3.72. The first-order chi connectivity index (χ1) is 10.1. The molecule has 0 amide bonds. The van der Waals surface area contributed by atoms with Crippen molar-refractivity contribution in [2.75, 3.05) is 39.9 Å². The van der Waals surface area contributed by atoms with Crippen molar-refractivity contribution in [3.8, 4) is 0 Å². The first-order valence-electron chi connectivity index (χ1n) is 8.14. The number of ether oxygens (including phenoxy) is 1. The lowest BCUT2D eigenvalue weighted by molar-refractivity contribution is 0.121. The summed E-state index contributed by atoms with van der Waals surface area (Å²) in [4.78, 5) is 2.35. The van der Waals surface area contributed by atoms with Gasteiger partial charge in [-0.25, -0.2) is 0 Å². The largest absolute Gasteiger partial charge is 0.380 e. The van der Waals surface area contributed by atoms with E-state index in [1.165, 1.54) is 16.7 Å². The molecule has 0 aromatic heterocycles. The summed E-state index contributed by atoms with van der Waals surface area (Å²) in [5, 5.41) is 3.62. The van der Waals surface area contributed by atoms with E-state index < -0.39 is 0 Å². The van der Waals surface area contributed by atoms with Crippen LogP contribution in [0.5, 0.6) is 0 Å². The van der Waals surface area contributed by atoms with Crippen molar-refractivity contribution in [2.24, 2.45) is 0 Å². The minimum absolute atomic E-state index is 0.433. The maximum atomic E-state index is 5.42. The Labute approximate surface area is 130 Å². The Bertz CT molecular complexity index is 386. The van der Waals surface area contributed by atoms with Gasteiger partial charge in [0.1, 0.15) is 0 Å². The molecule has 1 aromatic rings. The number of nitrogens with zero attached hydrogens (tertiary/aromatic N) is 1. The van der Waals surface area contributed by atoms with Crippen molar-refractivity contribution in [3.05, 3.63) is 34.9 Å². The van der Waals surface area contributed by atoms with Crippen LogP contribution < -0.4 is 5.32 Å². The van der Waals surface area contributed by atoms with Crippen molar-refractivity contribution in [2.45, 2.75) is 40.2 Å². The zero-order valence-corrected chi connectivity index (χ0v) is 14.4. The highest BCUT2D eigenvalue weighted by Crippen LogP contribution is 2.20. The topological polar surface area (TPSA) is 24.5 Å². The second-order valence-corrected chi connectivity index (χ2v) is 5.82. The minimum atomic E-state index is 0.433. The molecule has 3 heteroatoms. The molecule has 0 aliphatic carbocycles. The highest BCUT2D eigenvalue weighted by molar-refractivity contribution is 5.30. The lowest BCUT2D eigenvalue weighted by Gasteiger charge is -2.23. The Balaban J connectivity index is 2.56. The summed E-state index contributed by atoms with van der Waals surface area (Å²) in [7, 11) is 2.17. The summed E-state index contributed by atoms with van der Waals surface area (Å²) in [6.07, 6.45) is 1.12. The molecule has 120 valence electrons. The Morgan fingerprint density at radius 3 is 2.33 bits per heavy atom. The highest BCUT2D eigenvalue weighted by atomic mass is 16.5. The fourth-order valence-corrected chi connectivity index (χ4v) is 2.67.